The van der Waals surface area contributed by atoms with E-state index in [1.165, 1.54) is 0 Å². The highest BCUT2D eigenvalue weighted by atomic mass is 16.5. The average molecular weight is 179 g/mol. The average Bonchev–Trinajstić information content (AvgIpc) is 2.08. The first-order chi connectivity index (χ1) is 6.13. The van der Waals surface area contributed by atoms with Gasteiger partial charge in [0.15, 0.2) is 0 Å². The maximum atomic E-state index is 5.53. The molecule has 0 saturated heterocycles. The molecule has 1 radical (unpaired) electrons. The van der Waals surface area contributed by atoms with Crippen molar-refractivity contribution in [1.29, 1.82) is 0 Å². The predicted molar refractivity (Wildman–Crippen MR) is 53.2 cm³/mol. The Kier molecular flexibility index (Phi) is 3.18. The van der Waals surface area contributed by atoms with Gasteiger partial charge in [-0.05, 0) is 44.5 Å². The molecule has 0 spiro atoms. The van der Waals surface area contributed by atoms with E-state index in [-0.39, 0.29) is 6.10 Å². The summed E-state index contributed by atoms with van der Waals surface area (Å²) >= 11 is 0. The minimum Gasteiger partial charge on any atom is -0.497 e. The molecular weight excluding hydrogens is 164 g/mol. The van der Waals surface area contributed by atoms with E-state index in [9.17, 15) is 0 Å². The van der Waals surface area contributed by atoms with E-state index in [0.717, 1.165) is 17.1 Å². The van der Waals surface area contributed by atoms with E-state index >= 15 is 0 Å². The topological polar surface area (TPSA) is 18.5 Å². The van der Waals surface area contributed by atoms with Crippen LogP contribution >= 0.6 is 0 Å². The molecule has 0 fully saturated rings. The Balaban J connectivity index is 2.85. The molecule has 0 atom stereocenters. The molecule has 0 amide bonds. The van der Waals surface area contributed by atoms with Crippen molar-refractivity contribution in [3.8, 4) is 11.5 Å². The largest absolute Gasteiger partial charge is 0.497 e. The summed E-state index contributed by atoms with van der Waals surface area (Å²) in [5, 5.41) is 0. The lowest BCUT2D eigenvalue weighted by molar-refractivity contribution is 0.241. The van der Waals surface area contributed by atoms with Crippen molar-refractivity contribution < 1.29 is 9.47 Å². The normalized spacial score (nSPS) is 10.2. The molecule has 0 heterocycles. The number of methoxy groups -OCH3 is 1. The molecule has 0 bridgehead atoms. The molecule has 0 aromatic heterocycles. The van der Waals surface area contributed by atoms with Crippen LogP contribution in [-0.4, -0.2) is 13.2 Å². The van der Waals surface area contributed by atoms with Crippen molar-refractivity contribution >= 4 is 0 Å². The molecule has 0 aliphatic rings. The number of rotatable bonds is 3. The van der Waals surface area contributed by atoms with Gasteiger partial charge in [-0.1, -0.05) is 0 Å². The van der Waals surface area contributed by atoms with Crippen molar-refractivity contribution in [2.45, 2.75) is 20.0 Å². The van der Waals surface area contributed by atoms with Crippen molar-refractivity contribution in [1.82, 2.24) is 0 Å². The Labute approximate surface area is 79.5 Å². The standard InChI is InChI=1S/C11H15O2/c1-8(2)13-11-6-5-10(12-4)7-9(11)3/h5-8H,3H2,1-2,4H3. The first-order valence-corrected chi connectivity index (χ1v) is 4.30. The maximum Gasteiger partial charge on any atom is 0.123 e. The lowest BCUT2D eigenvalue weighted by atomic mass is 10.2. The smallest absolute Gasteiger partial charge is 0.123 e. The highest BCUT2D eigenvalue weighted by Gasteiger charge is 2.02. The molecule has 0 unspecified atom stereocenters. The number of benzene rings is 1. The van der Waals surface area contributed by atoms with Gasteiger partial charge in [-0.2, -0.15) is 0 Å². The van der Waals surface area contributed by atoms with E-state index in [2.05, 4.69) is 6.92 Å². The third-order valence-corrected chi connectivity index (χ3v) is 1.63. The Hall–Kier alpha value is -1.18. The second kappa shape index (κ2) is 4.17. The lowest BCUT2D eigenvalue weighted by Crippen LogP contribution is -2.06. The molecular formula is C11H15O2. The van der Waals surface area contributed by atoms with Gasteiger partial charge in [0.05, 0.1) is 13.2 Å². The van der Waals surface area contributed by atoms with E-state index in [4.69, 9.17) is 9.47 Å². The van der Waals surface area contributed by atoms with Gasteiger partial charge in [0, 0.05) is 0 Å². The molecule has 0 saturated carbocycles. The summed E-state index contributed by atoms with van der Waals surface area (Å²) in [5.74, 6) is 1.62. The van der Waals surface area contributed by atoms with Gasteiger partial charge >= 0.3 is 0 Å². The summed E-state index contributed by atoms with van der Waals surface area (Å²) in [6.45, 7) is 7.86. The van der Waals surface area contributed by atoms with Crippen LogP contribution in [0.25, 0.3) is 0 Å². The van der Waals surface area contributed by atoms with Crippen molar-refractivity contribution in [3.05, 3.63) is 30.7 Å². The second-order valence-corrected chi connectivity index (χ2v) is 3.14. The zero-order valence-corrected chi connectivity index (χ0v) is 8.33. The fraction of sp³-hybridized carbons (Fsp3) is 0.364. The molecule has 0 aliphatic heterocycles. The summed E-state index contributed by atoms with van der Waals surface area (Å²) in [4.78, 5) is 0. The fourth-order valence-corrected chi connectivity index (χ4v) is 1.05. The van der Waals surface area contributed by atoms with Crippen molar-refractivity contribution in [2.75, 3.05) is 7.11 Å². The number of ether oxygens (including phenoxy) is 2. The maximum absolute atomic E-state index is 5.53. The van der Waals surface area contributed by atoms with Crippen LogP contribution in [0, 0.1) is 6.92 Å². The highest BCUT2D eigenvalue weighted by molar-refractivity contribution is 5.41. The van der Waals surface area contributed by atoms with Crippen LogP contribution in [-0.2, 0) is 0 Å². The van der Waals surface area contributed by atoms with Crippen LogP contribution in [0.3, 0.4) is 0 Å². The van der Waals surface area contributed by atoms with Gasteiger partial charge < -0.3 is 9.47 Å². The fourth-order valence-electron chi connectivity index (χ4n) is 1.05. The number of hydrogen-bond acceptors (Lipinski definition) is 2. The van der Waals surface area contributed by atoms with E-state index in [1.54, 1.807) is 7.11 Å². The zero-order chi connectivity index (χ0) is 9.84. The first kappa shape index (κ1) is 9.90. The Morgan fingerprint density at radius 1 is 1.31 bits per heavy atom. The highest BCUT2D eigenvalue weighted by Crippen LogP contribution is 2.23. The Morgan fingerprint density at radius 2 is 2.00 bits per heavy atom. The van der Waals surface area contributed by atoms with Gasteiger partial charge in [0.1, 0.15) is 11.5 Å². The Bertz CT molecular complexity index is 279. The minimum atomic E-state index is 0.175. The summed E-state index contributed by atoms with van der Waals surface area (Å²) < 4.78 is 10.6. The first-order valence-electron chi connectivity index (χ1n) is 4.30. The number of hydrogen-bond donors (Lipinski definition) is 0. The van der Waals surface area contributed by atoms with Gasteiger partial charge in [-0.3, -0.25) is 0 Å². The second-order valence-electron chi connectivity index (χ2n) is 3.14. The van der Waals surface area contributed by atoms with Crippen LogP contribution in [0.2, 0.25) is 0 Å². The minimum absolute atomic E-state index is 0.175. The SMILES string of the molecule is [CH2]c1cc(OC)ccc1OC(C)C. The van der Waals surface area contributed by atoms with Crippen LogP contribution in [0.15, 0.2) is 18.2 Å². The third kappa shape index (κ3) is 2.65. The lowest BCUT2D eigenvalue weighted by Gasteiger charge is -2.12. The van der Waals surface area contributed by atoms with E-state index in [0.29, 0.717) is 0 Å². The third-order valence-electron chi connectivity index (χ3n) is 1.63. The van der Waals surface area contributed by atoms with Crippen LogP contribution in [0.4, 0.5) is 0 Å². The molecule has 0 N–H and O–H groups in total. The van der Waals surface area contributed by atoms with Gasteiger partial charge in [-0.15, -0.1) is 0 Å². The van der Waals surface area contributed by atoms with Gasteiger partial charge in [-0.25, -0.2) is 0 Å². The summed E-state index contributed by atoms with van der Waals surface area (Å²) in [5.41, 5.74) is 0.855. The molecule has 1 aromatic rings. The van der Waals surface area contributed by atoms with Crippen molar-refractivity contribution in [3.63, 3.8) is 0 Å². The molecule has 1 rings (SSSR count). The summed E-state index contributed by atoms with van der Waals surface area (Å²) in [7, 11) is 1.64. The van der Waals surface area contributed by atoms with Gasteiger partial charge in [0.2, 0.25) is 0 Å². The van der Waals surface area contributed by atoms with Crippen LogP contribution in [0.5, 0.6) is 11.5 Å². The zero-order valence-electron chi connectivity index (χ0n) is 8.33. The van der Waals surface area contributed by atoms with Crippen LogP contribution < -0.4 is 9.47 Å². The molecule has 13 heavy (non-hydrogen) atoms. The van der Waals surface area contributed by atoms with E-state index < -0.39 is 0 Å². The monoisotopic (exact) mass is 179 g/mol. The summed E-state index contributed by atoms with van der Waals surface area (Å²) in [6, 6.07) is 5.60. The molecule has 1 aromatic carbocycles. The van der Waals surface area contributed by atoms with Crippen molar-refractivity contribution in [2.24, 2.45) is 0 Å². The van der Waals surface area contributed by atoms with Crippen LogP contribution in [0.1, 0.15) is 19.4 Å². The summed E-state index contributed by atoms with van der Waals surface area (Å²) in [6.07, 6.45) is 0.175. The predicted octanol–water partition coefficient (Wildman–Crippen LogP) is 2.66. The van der Waals surface area contributed by atoms with Gasteiger partial charge in [0.25, 0.3) is 0 Å². The molecule has 2 heteroatoms. The quantitative estimate of drug-likeness (QED) is 0.710. The Morgan fingerprint density at radius 3 is 2.46 bits per heavy atom. The molecule has 2 nitrogen and oxygen atoms in total. The van der Waals surface area contributed by atoms with E-state index in [1.807, 2.05) is 32.0 Å². The molecule has 71 valence electrons. The molecule has 0 aliphatic carbocycles.